The fraction of sp³-hybridized carbons (Fsp3) is 1.00. The van der Waals surface area contributed by atoms with Crippen molar-refractivity contribution in [2.45, 2.75) is 153 Å². The molecule has 0 aromatic carbocycles. The second-order valence-electron chi connectivity index (χ2n) is 13.7. The zero-order chi connectivity index (χ0) is 23.6. The summed E-state index contributed by atoms with van der Waals surface area (Å²) in [5.74, 6) is 0. The molecule has 0 saturated heterocycles. The predicted molar refractivity (Wildman–Crippen MR) is 139 cm³/mol. The zero-order valence-corrected chi connectivity index (χ0v) is 24.7. The Bertz CT molecular complexity index is 510. The Morgan fingerprint density at radius 1 is 0.548 bits per heavy atom. The SMILES string of the molecule is CC(C)(C)[Si](C)(C)OCC1(OC2(CO[Si](C)(C)C(C)(C)C)CCCCC2)CCCCC1. The zero-order valence-electron chi connectivity index (χ0n) is 22.7. The smallest absolute Gasteiger partial charge is 0.192 e. The lowest BCUT2D eigenvalue weighted by Gasteiger charge is -2.50. The van der Waals surface area contributed by atoms with Gasteiger partial charge in [-0.15, -0.1) is 0 Å². The first-order valence-corrected chi connectivity index (χ1v) is 18.8. The molecule has 0 atom stereocenters. The van der Waals surface area contributed by atoms with Gasteiger partial charge in [-0.2, -0.15) is 0 Å². The molecule has 0 aliphatic heterocycles. The summed E-state index contributed by atoms with van der Waals surface area (Å²) < 4.78 is 20.9. The van der Waals surface area contributed by atoms with Gasteiger partial charge < -0.3 is 13.6 Å². The monoisotopic (exact) mass is 470 g/mol. The third-order valence-electron chi connectivity index (χ3n) is 8.97. The molecule has 0 aromatic rings. The molecule has 0 bridgehead atoms. The van der Waals surface area contributed by atoms with Gasteiger partial charge in [0, 0.05) is 0 Å². The van der Waals surface area contributed by atoms with Crippen LogP contribution in [0.25, 0.3) is 0 Å². The topological polar surface area (TPSA) is 27.7 Å². The van der Waals surface area contributed by atoms with E-state index in [0.29, 0.717) is 0 Å². The minimum atomic E-state index is -1.80. The number of rotatable bonds is 8. The van der Waals surface area contributed by atoms with Crippen LogP contribution < -0.4 is 0 Å². The maximum atomic E-state index is 7.32. The summed E-state index contributed by atoms with van der Waals surface area (Å²) in [4.78, 5) is 0. The van der Waals surface area contributed by atoms with Gasteiger partial charge in [-0.25, -0.2) is 0 Å². The van der Waals surface area contributed by atoms with Crippen LogP contribution in [0.3, 0.4) is 0 Å². The number of hydrogen-bond acceptors (Lipinski definition) is 3. The summed E-state index contributed by atoms with van der Waals surface area (Å²) >= 11 is 0. The van der Waals surface area contributed by atoms with Gasteiger partial charge in [-0.1, -0.05) is 80.1 Å². The van der Waals surface area contributed by atoms with Gasteiger partial charge in [0.1, 0.15) is 0 Å². The van der Waals surface area contributed by atoms with E-state index in [1.54, 1.807) is 0 Å². The van der Waals surface area contributed by atoms with Crippen molar-refractivity contribution in [2.75, 3.05) is 13.2 Å². The quantitative estimate of drug-likeness (QED) is 0.333. The highest BCUT2D eigenvalue weighted by atomic mass is 28.4. The minimum Gasteiger partial charge on any atom is -0.414 e. The van der Waals surface area contributed by atoms with Gasteiger partial charge in [0.05, 0.1) is 24.4 Å². The van der Waals surface area contributed by atoms with Crippen molar-refractivity contribution in [1.29, 1.82) is 0 Å². The third-order valence-corrected chi connectivity index (χ3v) is 17.9. The first kappa shape index (κ1) is 27.6. The molecule has 0 unspecified atom stereocenters. The van der Waals surface area contributed by atoms with Crippen LogP contribution in [0.1, 0.15) is 106 Å². The van der Waals surface area contributed by atoms with E-state index in [1.807, 2.05) is 0 Å². The van der Waals surface area contributed by atoms with E-state index in [0.717, 1.165) is 38.9 Å². The van der Waals surface area contributed by atoms with Crippen LogP contribution >= 0.6 is 0 Å². The first-order valence-electron chi connectivity index (χ1n) is 13.0. The minimum absolute atomic E-state index is 0.123. The van der Waals surface area contributed by atoms with Gasteiger partial charge in [0.25, 0.3) is 0 Å². The van der Waals surface area contributed by atoms with Crippen molar-refractivity contribution < 1.29 is 13.6 Å². The molecular weight excluding hydrogens is 416 g/mol. The molecule has 2 aliphatic carbocycles. The van der Waals surface area contributed by atoms with Crippen LogP contribution in [0.15, 0.2) is 0 Å². The van der Waals surface area contributed by atoms with Gasteiger partial charge in [0.2, 0.25) is 0 Å². The average molecular weight is 471 g/mol. The van der Waals surface area contributed by atoms with E-state index < -0.39 is 16.6 Å². The molecule has 2 fully saturated rings. The molecule has 2 aliphatic rings. The lowest BCUT2D eigenvalue weighted by molar-refractivity contribution is -0.209. The normalized spacial score (nSPS) is 23.0. The molecule has 0 radical (unpaired) electrons. The van der Waals surface area contributed by atoms with Crippen molar-refractivity contribution in [3.63, 3.8) is 0 Å². The second kappa shape index (κ2) is 9.89. The van der Waals surface area contributed by atoms with Crippen LogP contribution in [-0.4, -0.2) is 41.1 Å². The predicted octanol–water partition coefficient (Wildman–Crippen LogP) is 8.45. The Morgan fingerprint density at radius 2 is 0.839 bits per heavy atom. The summed E-state index contributed by atoms with van der Waals surface area (Å²) in [6.45, 7) is 25.1. The van der Waals surface area contributed by atoms with E-state index in [-0.39, 0.29) is 21.3 Å². The Morgan fingerprint density at radius 3 is 1.10 bits per heavy atom. The van der Waals surface area contributed by atoms with Crippen molar-refractivity contribution in [3.8, 4) is 0 Å². The van der Waals surface area contributed by atoms with Gasteiger partial charge >= 0.3 is 0 Å². The summed E-state index contributed by atoms with van der Waals surface area (Å²) in [7, 11) is -3.61. The van der Waals surface area contributed by atoms with E-state index in [1.165, 1.54) is 38.5 Å². The Hall–Kier alpha value is 0.314. The van der Waals surface area contributed by atoms with Gasteiger partial charge in [-0.3, -0.25) is 0 Å². The molecule has 2 rings (SSSR count). The van der Waals surface area contributed by atoms with Gasteiger partial charge in [0.15, 0.2) is 16.6 Å². The van der Waals surface area contributed by atoms with Crippen LogP contribution in [0.2, 0.25) is 36.3 Å². The first-order chi connectivity index (χ1) is 14.0. The highest BCUT2D eigenvalue weighted by Gasteiger charge is 2.48. The molecule has 0 heterocycles. The fourth-order valence-corrected chi connectivity index (χ4v) is 6.57. The number of hydrogen-bond donors (Lipinski definition) is 0. The molecule has 0 spiro atoms. The average Bonchev–Trinajstić information content (AvgIpc) is 2.65. The summed E-state index contributed by atoms with van der Waals surface area (Å²) in [5.41, 5.74) is -0.246. The maximum absolute atomic E-state index is 7.32. The Balaban J connectivity index is 2.21. The standard InChI is InChI=1S/C26H54O3Si2/c1-23(2,3)30(7,8)27-21-25(17-13-11-14-18-25)29-26(19-15-12-16-20-26)22-28-31(9,10)24(4,5)6/h11-22H2,1-10H3. The maximum Gasteiger partial charge on any atom is 0.192 e. The highest BCUT2D eigenvalue weighted by Crippen LogP contribution is 2.45. The van der Waals surface area contributed by atoms with Gasteiger partial charge in [-0.05, 0) is 61.9 Å². The third kappa shape index (κ3) is 7.15. The summed E-state index contributed by atoms with van der Waals surface area (Å²) in [6, 6.07) is 0. The van der Waals surface area contributed by atoms with Crippen molar-refractivity contribution >= 4 is 16.6 Å². The molecule has 0 aromatic heterocycles. The second-order valence-corrected chi connectivity index (χ2v) is 23.3. The van der Waals surface area contributed by atoms with Crippen molar-refractivity contribution in [2.24, 2.45) is 0 Å². The molecule has 184 valence electrons. The molecule has 0 N–H and O–H groups in total. The van der Waals surface area contributed by atoms with E-state index in [4.69, 9.17) is 13.6 Å². The highest BCUT2D eigenvalue weighted by molar-refractivity contribution is 6.74. The Labute approximate surface area is 196 Å². The molecule has 0 amide bonds. The van der Waals surface area contributed by atoms with Crippen LogP contribution in [0.5, 0.6) is 0 Å². The van der Waals surface area contributed by atoms with Crippen LogP contribution in [0, 0.1) is 0 Å². The molecule has 2 saturated carbocycles. The van der Waals surface area contributed by atoms with Crippen LogP contribution in [-0.2, 0) is 13.6 Å². The molecule has 31 heavy (non-hydrogen) atoms. The fourth-order valence-electron chi connectivity index (χ4n) is 4.46. The largest absolute Gasteiger partial charge is 0.414 e. The van der Waals surface area contributed by atoms with Crippen molar-refractivity contribution in [3.05, 3.63) is 0 Å². The van der Waals surface area contributed by atoms with E-state index >= 15 is 0 Å². The lowest BCUT2D eigenvalue weighted by atomic mass is 9.81. The summed E-state index contributed by atoms with van der Waals surface area (Å²) in [5, 5.41) is 0.466. The van der Waals surface area contributed by atoms with E-state index in [2.05, 4.69) is 67.7 Å². The lowest BCUT2D eigenvalue weighted by Crippen LogP contribution is -2.55. The Kier molecular flexibility index (Phi) is 8.79. The summed E-state index contributed by atoms with van der Waals surface area (Å²) in [6.07, 6.45) is 12.3. The number of ether oxygens (including phenoxy) is 1. The van der Waals surface area contributed by atoms with Crippen LogP contribution in [0.4, 0.5) is 0 Å². The molecule has 5 heteroatoms. The molecule has 3 nitrogen and oxygen atoms in total. The van der Waals surface area contributed by atoms with E-state index in [9.17, 15) is 0 Å². The molecular formula is C26H54O3Si2. The van der Waals surface area contributed by atoms with Crippen molar-refractivity contribution in [1.82, 2.24) is 0 Å².